The van der Waals surface area contributed by atoms with Crippen LogP contribution in [0, 0.1) is 0 Å². The summed E-state index contributed by atoms with van der Waals surface area (Å²) in [6, 6.07) is 3.60. The van der Waals surface area contributed by atoms with E-state index in [1.807, 2.05) is 0 Å². The molecular weight excluding hydrogens is 232 g/mol. The van der Waals surface area contributed by atoms with Crippen molar-refractivity contribution in [1.82, 2.24) is 4.98 Å². The van der Waals surface area contributed by atoms with Gasteiger partial charge in [0.1, 0.15) is 18.5 Å². The summed E-state index contributed by atoms with van der Waals surface area (Å²) in [5, 5.41) is 9.62. The second-order valence-corrected chi connectivity index (χ2v) is 4.08. The molecule has 1 rings (SSSR count). The predicted molar refractivity (Wildman–Crippen MR) is 69.4 cm³/mol. The molecule has 0 saturated carbocycles. The van der Waals surface area contributed by atoms with Crippen LogP contribution in [-0.4, -0.2) is 36.0 Å². The highest BCUT2D eigenvalue weighted by Crippen LogP contribution is 2.09. The molecule has 0 aliphatic rings. The smallest absolute Gasteiger partial charge is 0.137 e. The summed E-state index contributed by atoms with van der Waals surface area (Å²) in [5.74, 6) is 0.625. The molecule has 102 valence electrons. The fraction of sp³-hybridized carbons (Fsp3) is 0.615. The van der Waals surface area contributed by atoms with Gasteiger partial charge in [0.05, 0.1) is 18.5 Å². The Kier molecular flexibility index (Phi) is 7.32. The Balaban J connectivity index is 2.18. The first-order valence-corrected chi connectivity index (χ1v) is 6.29. The van der Waals surface area contributed by atoms with E-state index in [9.17, 15) is 5.11 Å². The van der Waals surface area contributed by atoms with E-state index in [4.69, 9.17) is 15.2 Å². The SMILES string of the molecule is CCCCOCC(O)COc1ccc(CN)nc1. The molecule has 1 heterocycles. The summed E-state index contributed by atoms with van der Waals surface area (Å²) >= 11 is 0. The molecule has 0 spiro atoms. The molecule has 0 amide bonds. The molecule has 1 aromatic rings. The van der Waals surface area contributed by atoms with Crippen LogP contribution in [0.1, 0.15) is 25.5 Å². The highest BCUT2D eigenvalue weighted by Gasteiger charge is 2.05. The maximum Gasteiger partial charge on any atom is 0.137 e. The minimum Gasteiger partial charge on any atom is -0.489 e. The molecule has 0 bridgehead atoms. The number of nitrogens with zero attached hydrogens (tertiary/aromatic N) is 1. The topological polar surface area (TPSA) is 77.6 Å². The number of aliphatic hydroxyl groups is 1. The molecule has 3 N–H and O–H groups in total. The van der Waals surface area contributed by atoms with Crippen molar-refractivity contribution in [2.24, 2.45) is 5.73 Å². The molecule has 0 radical (unpaired) electrons. The molecule has 1 aromatic heterocycles. The number of hydrogen-bond acceptors (Lipinski definition) is 5. The Morgan fingerprint density at radius 1 is 1.39 bits per heavy atom. The van der Waals surface area contributed by atoms with Crippen LogP contribution in [0.4, 0.5) is 0 Å². The van der Waals surface area contributed by atoms with Crippen LogP contribution in [0.15, 0.2) is 18.3 Å². The highest BCUT2D eigenvalue weighted by atomic mass is 16.5. The molecular formula is C13H22N2O3. The van der Waals surface area contributed by atoms with Crippen molar-refractivity contribution in [3.63, 3.8) is 0 Å². The summed E-state index contributed by atoms with van der Waals surface area (Å²) in [6.07, 6.45) is 3.09. The lowest BCUT2D eigenvalue weighted by Crippen LogP contribution is -2.23. The van der Waals surface area contributed by atoms with Crippen LogP contribution in [-0.2, 0) is 11.3 Å². The van der Waals surface area contributed by atoms with Gasteiger partial charge < -0.3 is 20.3 Å². The van der Waals surface area contributed by atoms with Crippen LogP contribution in [0.25, 0.3) is 0 Å². The van der Waals surface area contributed by atoms with Crippen molar-refractivity contribution in [2.75, 3.05) is 19.8 Å². The van der Waals surface area contributed by atoms with Crippen molar-refractivity contribution in [2.45, 2.75) is 32.4 Å². The minimum atomic E-state index is -0.615. The molecule has 18 heavy (non-hydrogen) atoms. The van der Waals surface area contributed by atoms with Crippen LogP contribution in [0.2, 0.25) is 0 Å². The van der Waals surface area contributed by atoms with Crippen LogP contribution in [0.5, 0.6) is 5.75 Å². The van der Waals surface area contributed by atoms with Gasteiger partial charge in [-0.05, 0) is 18.6 Å². The summed E-state index contributed by atoms with van der Waals surface area (Å²) in [4.78, 5) is 4.10. The van der Waals surface area contributed by atoms with Gasteiger partial charge in [-0.25, -0.2) is 0 Å². The quantitative estimate of drug-likeness (QED) is 0.645. The molecule has 1 unspecified atom stereocenters. The number of aliphatic hydroxyl groups excluding tert-OH is 1. The van der Waals surface area contributed by atoms with Gasteiger partial charge in [-0.1, -0.05) is 13.3 Å². The largest absolute Gasteiger partial charge is 0.489 e. The third-order valence-electron chi connectivity index (χ3n) is 2.40. The highest BCUT2D eigenvalue weighted by molar-refractivity contribution is 5.19. The van der Waals surface area contributed by atoms with E-state index >= 15 is 0 Å². The van der Waals surface area contributed by atoms with Gasteiger partial charge >= 0.3 is 0 Å². The van der Waals surface area contributed by atoms with E-state index in [1.165, 1.54) is 0 Å². The van der Waals surface area contributed by atoms with Crippen molar-refractivity contribution in [3.05, 3.63) is 24.0 Å². The second kappa shape index (κ2) is 8.85. The number of hydrogen-bond donors (Lipinski definition) is 2. The standard InChI is InChI=1S/C13H22N2O3/c1-2-3-6-17-9-12(16)10-18-13-5-4-11(7-14)15-8-13/h4-5,8,12,16H,2-3,6-7,9-10,14H2,1H3. The Labute approximate surface area is 108 Å². The number of ether oxygens (including phenoxy) is 2. The molecule has 0 fully saturated rings. The number of unbranched alkanes of at least 4 members (excludes halogenated alkanes) is 1. The van der Waals surface area contributed by atoms with Crippen LogP contribution < -0.4 is 10.5 Å². The molecule has 0 saturated heterocycles. The molecule has 0 aliphatic carbocycles. The van der Waals surface area contributed by atoms with Crippen LogP contribution in [0.3, 0.4) is 0 Å². The van der Waals surface area contributed by atoms with Crippen molar-refractivity contribution in [1.29, 1.82) is 0 Å². The molecule has 0 aliphatic heterocycles. The van der Waals surface area contributed by atoms with Crippen LogP contribution >= 0.6 is 0 Å². The van der Waals surface area contributed by atoms with E-state index < -0.39 is 6.10 Å². The number of aromatic nitrogens is 1. The average Bonchev–Trinajstić information content (AvgIpc) is 2.42. The first kappa shape index (κ1) is 14.9. The summed E-state index contributed by atoms with van der Waals surface area (Å²) < 4.78 is 10.7. The van der Waals surface area contributed by atoms with Gasteiger partial charge in [0.25, 0.3) is 0 Å². The van der Waals surface area contributed by atoms with Gasteiger partial charge in [-0.15, -0.1) is 0 Å². The van der Waals surface area contributed by atoms with Gasteiger partial charge in [0, 0.05) is 13.2 Å². The second-order valence-electron chi connectivity index (χ2n) is 4.08. The fourth-order valence-corrected chi connectivity index (χ4v) is 1.32. The van der Waals surface area contributed by atoms with Crippen molar-refractivity contribution >= 4 is 0 Å². The van der Waals surface area contributed by atoms with E-state index in [0.717, 1.165) is 18.5 Å². The first-order valence-electron chi connectivity index (χ1n) is 6.29. The molecule has 5 nitrogen and oxygen atoms in total. The fourth-order valence-electron chi connectivity index (χ4n) is 1.32. The molecule has 0 aromatic carbocycles. The lowest BCUT2D eigenvalue weighted by atomic mass is 10.3. The van der Waals surface area contributed by atoms with Crippen molar-refractivity contribution in [3.8, 4) is 5.75 Å². The first-order chi connectivity index (χ1) is 8.76. The minimum absolute atomic E-state index is 0.204. The summed E-state index contributed by atoms with van der Waals surface area (Å²) in [6.45, 7) is 3.69. The Hall–Kier alpha value is -1.17. The van der Waals surface area contributed by atoms with E-state index in [0.29, 0.717) is 25.5 Å². The summed E-state index contributed by atoms with van der Waals surface area (Å²) in [5.41, 5.74) is 6.25. The predicted octanol–water partition coefficient (Wildman–Crippen LogP) is 1.10. The van der Waals surface area contributed by atoms with E-state index in [1.54, 1.807) is 18.3 Å². The Bertz CT molecular complexity index is 317. The van der Waals surface area contributed by atoms with Gasteiger partial charge in [0.2, 0.25) is 0 Å². The zero-order chi connectivity index (χ0) is 13.2. The van der Waals surface area contributed by atoms with Gasteiger partial charge in [-0.3, -0.25) is 4.98 Å². The zero-order valence-electron chi connectivity index (χ0n) is 10.8. The average molecular weight is 254 g/mol. The third kappa shape index (κ3) is 5.95. The maximum absolute atomic E-state index is 9.62. The Morgan fingerprint density at radius 2 is 2.22 bits per heavy atom. The number of pyridine rings is 1. The zero-order valence-corrected chi connectivity index (χ0v) is 10.8. The van der Waals surface area contributed by atoms with Gasteiger partial charge in [-0.2, -0.15) is 0 Å². The Morgan fingerprint density at radius 3 is 2.83 bits per heavy atom. The molecule has 1 atom stereocenters. The number of nitrogens with two attached hydrogens (primary N) is 1. The van der Waals surface area contributed by atoms with Gasteiger partial charge in [0.15, 0.2) is 0 Å². The monoisotopic (exact) mass is 254 g/mol. The third-order valence-corrected chi connectivity index (χ3v) is 2.40. The van der Waals surface area contributed by atoms with E-state index in [-0.39, 0.29) is 6.61 Å². The lowest BCUT2D eigenvalue weighted by Gasteiger charge is -2.12. The maximum atomic E-state index is 9.62. The van der Waals surface area contributed by atoms with E-state index in [2.05, 4.69) is 11.9 Å². The molecule has 5 heteroatoms. The summed E-state index contributed by atoms with van der Waals surface area (Å²) in [7, 11) is 0. The van der Waals surface area contributed by atoms with Crippen molar-refractivity contribution < 1.29 is 14.6 Å². The lowest BCUT2D eigenvalue weighted by molar-refractivity contribution is 0.0112. The number of rotatable bonds is 9. The normalized spacial score (nSPS) is 12.4.